The van der Waals surface area contributed by atoms with Crippen LogP contribution in [0.15, 0.2) is 42.5 Å². The van der Waals surface area contributed by atoms with Crippen LogP contribution < -0.4 is 15.2 Å². The molecule has 35 heavy (non-hydrogen) atoms. The molecule has 0 aromatic heterocycles. The van der Waals surface area contributed by atoms with E-state index in [0.29, 0.717) is 23.6 Å². The van der Waals surface area contributed by atoms with Gasteiger partial charge in [-0.3, -0.25) is 0 Å². The molecule has 0 aliphatic heterocycles. The number of aryl methyl sites for hydroxylation is 1. The van der Waals surface area contributed by atoms with Gasteiger partial charge in [0, 0.05) is 35.3 Å². The van der Waals surface area contributed by atoms with Crippen molar-refractivity contribution in [2.24, 2.45) is 0 Å². The van der Waals surface area contributed by atoms with Crippen molar-refractivity contribution in [3.8, 4) is 28.4 Å². The standard InChI is InChI=1S/C30H38N2O3/c1-5-32(2)17-16-20-10-12-21(13-11-20)18-25-29(31)24(19-27(34-3)30(25)35-4)28-23-9-7-6-8-22(23)14-15-26(28)33/h10-15,19,33H,5-9,16-18,31H2,1-4H3. The molecule has 0 fully saturated rings. The van der Waals surface area contributed by atoms with Crippen LogP contribution in [0.1, 0.15) is 47.6 Å². The normalized spacial score (nSPS) is 13.1. The van der Waals surface area contributed by atoms with E-state index in [9.17, 15) is 5.11 Å². The first-order valence-electron chi connectivity index (χ1n) is 12.6. The Bertz CT molecular complexity index is 1170. The fourth-order valence-corrected chi connectivity index (χ4v) is 5.09. The number of benzene rings is 3. The molecule has 3 aromatic rings. The lowest BCUT2D eigenvalue weighted by atomic mass is 9.84. The lowest BCUT2D eigenvalue weighted by molar-refractivity contribution is 0.352. The van der Waals surface area contributed by atoms with Crippen molar-refractivity contribution >= 4 is 5.69 Å². The minimum atomic E-state index is 0.261. The molecule has 5 nitrogen and oxygen atoms in total. The smallest absolute Gasteiger partial charge is 0.166 e. The van der Waals surface area contributed by atoms with Crippen LogP contribution in [0.3, 0.4) is 0 Å². The molecule has 0 unspecified atom stereocenters. The van der Waals surface area contributed by atoms with E-state index < -0.39 is 0 Å². The number of rotatable bonds is 9. The van der Waals surface area contributed by atoms with E-state index in [1.165, 1.54) is 23.1 Å². The number of nitrogens with zero attached hydrogens (tertiary/aromatic N) is 1. The lowest BCUT2D eigenvalue weighted by Crippen LogP contribution is -2.20. The molecule has 3 aromatic carbocycles. The number of nitrogen functional groups attached to an aromatic ring is 1. The van der Waals surface area contributed by atoms with E-state index in [0.717, 1.165) is 61.0 Å². The fraction of sp³-hybridized carbons (Fsp3) is 0.400. The van der Waals surface area contributed by atoms with Crippen molar-refractivity contribution in [1.82, 2.24) is 4.90 Å². The van der Waals surface area contributed by atoms with Crippen LogP contribution in [0.5, 0.6) is 17.2 Å². The molecule has 0 amide bonds. The zero-order chi connectivity index (χ0) is 24.9. The number of aromatic hydroxyl groups is 1. The summed E-state index contributed by atoms with van der Waals surface area (Å²) in [5, 5.41) is 10.9. The Hall–Kier alpha value is -3.18. The summed E-state index contributed by atoms with van der Waals surface area (Å²) in [6.07, 6.45) is 5.90. The van der Waals surface area contributed by atoms with Gasteiger partial charge >= 0.3 is 0 Å². The summed E-state index contributed by atoms with van der Waals surface area (Å²) in [6, 6.07) is 14.5. The van der Waals surface area contributed by atoms with Gasteiger partial charge in [0.15, 0.2) is 11.5 Å². The SMILES string of the molecule is CCN(C)CCc1ccc(Cc2c(N)c(-c3c(O)ccc4c3CCCC4)cc(OC)c2OC)cc1. The highest BCUT2D eigenvalue weighted by atomic mass is 16.5. The van der Waals surface area contributed by atoms with Gasteiger partial charge in [0.2, 0.25) is 0 Å². The molecule has 1 aliphatic carbocycles. The fourth-order valence-electron chi connectivity index (χ4n) is 5.09. The predicted molar refractivity (Wildman–Crippen MR) is 144 cm³/mol. The van der Waals surface area contributed by atoms with Crippen LogP contribution in [-0.4, -0.2) is 44.4 Å². The Balaban J connectivity index is 1.74. The first kappa shape index (κ1) is 24.9. The second-order valence-corrected chi connectivity index (χ2v) is 9.50. The number of nitrogens with two attached hydrogens (primary N) is 1. The van der Waals surface area contributed by atoms with Crippen molar-refractivity contribution in [2.45, 2.75) is 45.4 Å². The molecular formula is C30H38N2O3. The van der Waals surface area contributed by atoms with Gasteiger partial charge < -0.3 is 25.2 Å². The third-order valence-corrected chi connectivity index (χ3v) is 7.32. The minimum absolute atomic E-state index is 0.261. The monoisotopic (exact) mass is 474 g/mol. The topological polar surface area (TPSA) is 68.0 Å². The quantitative estimate of drug-likeness (QED) is 0.394. The number of hydrogen-bond donors (Lipinski definition) is 2. The maximum absolute atomic E-state index is 10.9. The van der Waals surface area contributed by atoms with E-state index >= 15 is 0 Å². The van der Waals surface area contributed by atoms with Crippen molar-refractivity contribution in [3.05, 3.63) is 70.3 Å². The molecule has 0 heterocycles. The molecule has 0 bridgehead atoms. The molecule has 0 saturated carbocycles. The van der Waals surface area contributed by atoms with Crippen LogP contribution in [0.2, 0.25) is 0 Å². The van der Waals surface area contributed by atoms with Crippen LogP contribution in [0.4, 0.5) is 5.69 Å². The van der Waals surface area contributed by atoms with Gasteiger partial charge in [-0.05, 0) is 80.1 Å². The average molecular weight is 475 g/mol. The van der Waals surface area contributed by atoms with E-state index in [4.69, 9.17) is 15.2 Å². The molecule has 0 atom stereocenters. The molecule has 0 radical (unpaired) electrons. The Kier molecular flexibility index (Phi) is 7.86. The van der Waals surface area contributed by atoms with Crippen molar-refractivity contribution in [1.29, 1.82) is 0 Å². The molecule has 5 heteroatoms. The van der Waals surface area contributed by atoms with Crippen LogP contribution in [-0.2, 0) is 25.7 Å². The highest BCUT2D eigenvalue weighted by Gasteiger charge is 2.24. The van der Waals surface area contributed by atoms with Crippen LogP contribution in [0.25, 0.3) is 11.1 Å². The van der Waals surface area contributed by atoms with Gasteiger partial charge in [0.1, 0.15) is 5.75 Å². The largest absolute Gasteiger partial charge is 0.507 e. The second kappa shape index (κ2) is 11.0. The summed E-state index contributed by atoms with van der Waals surface area (Å²) < 4.78 is 11.5. The van der Waals surface area contributed by atoms with Crippen molar-refractivity contribution < 1.29 is 14.6 Å². The van der Waals surface area contributed by atoms with Gasteiger partial charge in [0.25, 0.3) is 0 Å². The van der Waals surface area contributed by atoms with Gasteiger partial charge in [-0.1, -0.05) is 37.3 Å². The molecule has 4 rings (SSSR count). The van der Waals surface area contributed by atoms with E-state index in [1.807, 2.05) is 12.1 Å². The summed E-state index contributed by atoms with van der Waals surface area (Å²) in [6.45, 7) is 4.27. The number of fused-ring (bicyclic) bond motifs is 1. The predicted octanol–water partition coefficient (Wildman–Crippen LogP) is 5.62. The Labute approximate surface area is 209 Å². The Morgan fingerprint density at radius 3 is 2.37 bits per heavy atom. The Morgan fingerprint density at radius 1 is 0.971 bits per heavy atom. The number of phenolic OH excluding ortho intramolecular Hbond substituents is 1. The number of phenols is 1. The van der Waals surface area contributed by atoms with E-state index in [1.54, 1.807) is 20.3 Å². The molecule has 186 valence electrons. The molecule has 1 aliphatic rings. The number of hydrogen-bond acceptors (Lipinski definition) is 5. The number of anilines is 1. The summed E-state index contributed by atoms with van der Waals surface area (Å²) in [5.41, 5.74) is 15.0. The first-order chi connectivity index (χ1) is 17.0. The highest BCUT2D eigenvalue weighted by Crippen LogP contribution is 2.47. The number of likely N-dealkylation sites (N-methyl/N-ethyl adjacent to an activating group) is 1. The molecule has 3 N–H and O–H groups in total. The van der Waals surface area contributed by atoms with Crippen molar-refractivity contribution in [3.63, 3.8) is 0 Å². The maximum atomic E-state index is 10.9. The third kappa shape index (κ3) is 5.25. The van der Waals surface area contributed by atoms with E-state index in [2.05, 4.69) is 43.1 Å². The second-order valence-electron chi connectivity index (χ2n) is 9.50. The zero-order valence-electron chi connectivity index (χ0n) is 21.5. The van der Waals surface area contributed by atoms with Gasteiger partial charge in [-0.2, -0.15) is 0 Å². The van der Waals surface area contributed by atoms with E-state index in [-0.39, 0.29) is 5.75 Å². The first-order valence-corrected chi connectivity index (χ1v) is 12.6. The van der Waals surface area contributed by atoms with Gasteiger partial charge in [0.05, 0.1) is 14.2 Å². The van der Waals surface area contributed by atoms with Crippen LogP contribution >= 0.6 is 0 Å². The molecule has 0 saturated heterocycles. The lowest BCUT2D eigenvalue weighted by Gasteiger charge is -2.24. The third-order valence-electron chi connectivity index (χ3n) is 7.32. The summed E-state index contributed by atoms with van der Waals surface area (Å²) >= 11 is 0. The molecule has 0 spiro atoms. The van der Waals surface area contributed by atoms with Crippen molar-refractivity contribution in [2.75, 3.05) is 40.1 Å². The number of ether oxygens (including phenoxy) is 2. The number of methoxy groups -OCH3 is 2. The van der Waals surface area contributed by atoms with Gasteiger partial charge in [-0.15, -0.1) is 0 Å². The molecular weight excluding hydrogens is 436 g/mol. The van der Waals surface area contributed by atoms with Gasteiger partial charge in [-0.25, -0.2) is 0 Å². The highest BCUT2D eigenvalue weighted by molar-refractivity contribution is 5.88. The summed E-state index contributed by atoms with van der Waals surface area (Å²) in [7, 11) is 5.44. The maximum Gasteiger partial charge on any atom is 0.166 e. The Morgan fingerprint density at radius 2 is 1.69 bits per heavy atom. The average Bonchev–Trinajstić information content (AvgIpc) is 2.89. The summed E-state index contributed by atoms with van der Waals surface area (Å²) in [5.74, 6) is 1.53. The summed E-state index contributed by atoms with van der Waals surface area (Å²) in [4.78, 5) is 2.31. The zero-order valence-corrected chi connectivity index (χ0v) is 21.5. The van der Waals surface area contributed by atoms with Crippen LogP contribution in [0, 0.1) is 0 Å². The minimum Gasteiger partial charge on any atom is -0.507 e.